The Bertz CT molecular complexity index is 367. The molecule has 1 atom stereocenters. The minimum Gasteiger partial charge on any atom is -0.303 e. The van der Waals surface area contributed by atoms with Crippen molar-refractivity contribution < 1.29 is 4.79 Å². The minimum atomic E-state index is 0.280. The van der Waals surface area contributed by atoms with Gasteiger partial charge in [-0.05, 0) is 65.7 Å². The van der Waals surface area contributed by atoms with Gasteiger partial charge in [-0.1, -0.05) is 34.9 Å². The zero-order valence-electron chi connectivity index (χ0n) is 12.7. The Morgan fingerprint density at radius 2 is 2.05 bits per heavy atom. The Hall–Kier alpha value is -1.11. The van der Waals surface area contributed by atoms with Gasteiger partial charge in [0.1, 0.15) is 6.29 Å². The first-order valence-electron chi connectivity index (χ1n) is 7.54. The smallest absolute Gasteiger partial charge is 0.123 e. The molecule has 0 amide bonds. The molecule has 0 N–H and O–H groups in total. The van der Waals surface area contributed by atoms with E-state index in [-0.39, 0.29) is 5.92 Å². The molecule has 19 heavy (non-hydrogen) atoms. The Kier molecular flexibility index (Phi) is 7.47. The maximum atomic E-state index is 10.8. The van der Waals surface area contributed by atoms with Crippen LogP contribution in [0, 0.1) is 5.92 Å². The van der Waals surface area contributed by atoms with E-state index in [0.717, 1.165) is 44.8 Å². The van der Waals surface area contributed by atoms with Gasteiger partial charge in [-0.15, -0.1) is 0 Å². The molecule has 0 aliphatic heterocycles. The Morgan fingerprint density at radius 3 is 2.74 bits per heavy atom. The van der Waals surface area contributed by atoms with Gasteiger partial charge in [0, 0.05) is 5.92 Å². The van der Waals surface area contributed by atoms with Crippen LogP contribution < -0.4 is 0 Å². The molecular formula is C18H28O. The fourth-order valence-corrected chi connectivity index (χ4v) is 2.54. The molecule has 0 aromatic heterocycles. The van der Waals surface area contributed by atoms with Gasteiger partial charge in [0.25, 0.3) is 0 Å². The van der Waals surface area contributed by atoms with E-state index < -0.39 is 0 Å². The maximum absolute atomic E-state index is 10.8. The summed E-state index contributed by atoms with van der Waals surface area (Å²) < 4.78 is 0. The number of carbonyl (C=O) groups is 1. The van der Waals surface area contributed by atoms with Gasteiger partial charge < -0.3 is 4.79 Å². The lowest BCUT2D eigenvalue weighted by Gasteiger charge is -2.17. The average molecular weight is 260 g/mol. The van der Waals surface area contributed by atoms with Crippen molar-refractivity contribution in [2.45, 2.75) is 65.7 Å². The highest BCUT2D eigenvalue weighted by atomic mass is 16.1. The summed E-state index contributed by atoms with van der Waals surface area (Å²) in [5.41, 5.74) is 4.37. The van der Waals surface area contributed by atoms with Crippen LogP contribution in [0.1, 0.15) is 65.7 Å². The van der Waals surface area contributed by atoms with Crippen molar-refractivity contribution in [3.05, 3.63) is 34.9 Å². The summed E-state index contributed by atoms with van der Waals surface area (Å²) in [6, 6.07) is 0. The van der Waals surface area contributed by atoms with E-state index in [2.05, 4.69) is 39.0 Å². The molecule has 1 nitrogen and oxygen atoms in total. The summed E-state index contributed by atoms with van der Waals surface area (Å²) >= 11 is 0. The number of hydrogen-bond acceptors (Lipinski definition) is 1. The number of carbonyl (C=O) groups excluding carboxylic acids is 1. The molecule has 0 saturated heterocycles. The van der Waals surface area contributed by atoms with Crippen LogP contribution in [0.2, 0.25) is 0 Å². The van der Waals surface area contributed by atoms with Crippen molar-refractivity contribution in [3.8, 4) is 0 Å². The van der Waals surface area contributed by atoms with Crippen molar-refractivity contribution in [3.63, 3.8) is 0 Å². The highest BCUT2D eigenvalue weighted by molar-refractivity contribution is 5.54. The van der Waals surface area contributed by atoms with E-state index in [9.17, 15) is 4.79 Å². The van der Waals surface area contributed by atoms with Gasteiger partial charge >= 0.3 is 0 Å². The Balaban J connectivity index is 2.26. The third kappa shape index (κ3) is 7.15. The van der Waals surface area contributed by atoms with Gasteiger partial charge in [0.05, 0.1) is 0 Å². The zero-order valence-corrected chi connectivity index (χ0v) is 12.7. The van der Waals surface area contributed by atoms with Crippen LogP contribution in [0.25, 0.3) is 0 Å². The van der Waals surface area contributed by atoms with Crippen LogP contribution in [0.3, 0.4) is 0 Å². The molecule has 0 fully saturated rings. The topological polar surface area (TPSA) is 17.1 Å². The number of rotatable bonds is 7. The van der Waals surface area contributed by atoms with Crippen LogP contribution in [0.5, 0.6) is 0 Å². The SMILES string of the molecule is CC(C)=CCC/C(C)=C/CCC1=CCCC(C=O)C1. The molecular weight excluding hydrogens is 232 g/mol. The first-order valence-corrected chi connectivity index (χ1v) is 7.54. The molecule has 0 bridgehead atoms. The molecule has 0 saturated carbocycles. The monoisotopic (exact) mass is 260 g/mol. The van der Waals surface area contributed by atoms with Gasteiger partial charge in [-0.25, -0.2) is 0 Å². The lowest BCUT2D eigenvalue weighted by molar-refractivity contribution is -0.111. The van der Waals surface area contributed by atoms with E-state index in [1.54, 1.807) is 0 Å². The number of aldehydes is 1. The van der Waals surface area contributed by atoms with Crippen LogP contribution in [-0.2, 0) is 4.79 Å². The molecule has 0 aromatic rings. The molecule has 0 radical (unpaired) electrons. The van der Waals surface area contributed by atoms with Gasteiger partial charge in [0.2, 0.25) is 0 Å². The molecule has 0 spiro atoms. The quantitative estimate of drug-likeness (QED) is 0.443. The van der Waals surface area contributed by atoms with E-state index in [1.807, 2.05) is 0 Å². The predicted octanol–water partition coefficient (Wildman–Crippen LogP) is 5.38. The Labute approximate surface area is 118 Å². The fourth-order valence-electron chi connectivity index (χ4n) is 2.54. The molecule has 0 aromatic carbocycles. The lowest BCUT2D eigenvalue weighted by atomic mass is 9.88. The van der Waals surface area contributed by atoms with E-state index in [1.165, 1.54) is 23.1 Å². The van der Waals surface area contributed by atoms with Gasteiger partial charge in [0.15, 0.2) is 0 Å². The summed E-state index contributed by atoms with van der Waals surface area (Å²) in [5.74, 6) is 0.280. The van der Waals surface area contributed by atoms with Crippen molar-refractivity contribution in [2.75, 3.05) is 0 Å². The number of hydrogen-bond donors (Lipinski definition) is 0. The largest absolute Gasteiger partial charge is 0.303 e. The van der Waals surface area contributed by atoms with E-state index in [0.29, 0.717) is 0 Å². The third-order valence-corrected chi connectivity index (χ3v) is 3.74. The summed E-state index contributed by atoms with van der Waals surface area (Å²) in [4.78, 5) is 10.8. The molecule has 1 rings (SSSR count). The maximum Gasteiger partial charge on any atom is 0.123 e. The minimum absolute atomic E-state index is 0.280. The summed E-state index contributed by atoms with van der Waals surface area (Å²) in [5, 5.41) is 0. The molecule has 106 valence electrons. The van der Waals surface area contributed by atoms with Gasteiger partial charge in [-0.3, -0.25) is 0 Å². The van der Waals surface area contributed by atoms with Crippen LogP contribution >= 0.6 is 0 Å². The molecule has 1 heteroatoms. The second kappa shape index (κ2) is 8.90. The summed E-state index contributed by atoms with van der Waals surface area (Å²) in [6.07, 6.45) is 15.8. The highest BCUT2D eigenvalue weighted by Gasteiger charge is 2.13. The highest BCUT2D eigenvalue weighted by Crippen LogP contribution is 2.25. The molecule has 0 heterocycles. The first-order chi connectivity index (χ1) is 9.11. The van der Waals surface area contributed by atoms with Crippen LogP contribution in [-0.4, -0.2) is 6.29 Å². The van der Waals surface area contributed by atoms with E-state index >= 15 is 0 Å². The zero-order chi connectivity index (χ0) is 14.1. The first kappa shape index (κ1) is 15.9. The van der Waals surface area contributed by atoms with Crippen molar-refractivity contribution >= 4 is 6.29 Å². The van der Waals surface area contributed by atoms with Gasteiger partial charge in [-0.2, -0.15) is 0 Å². The van der Waals surface area contributed by atoms with Crippen LogP contribution in [0.15, 0.2) is 34.9 Å². The fraction of sp³-hybridized carbons (Fsp3) is 0.611. The second-order valence-corrected chi connectivity index (χ2v) is 5.95. The standard InChI is InChI=1S/C18H28O/c1-15(2)7-4-8-16(3)9-5-10-17-11-6-12-18(13-17)14-19/h7,9,11,14,18H,4-6,8,10,12-13H2,1-3H3/b16-9+. The van der Waals surface area contributed by atoms with Crippen molar-refractivity contribution in [2.24, 2.45) is 5.92 Å². The third-order valence-electron chi connectivity index (χ3n) is 3.74. The van der Waals surface area contributed by atoms with E-state index in [4.69, 9.17) is 0 Å². The Morgan fingerprint density at radius 1 is 1.26 bits per heavy atom. The number of allylic oxidation sites excluding steroid dienone is 6. The second-order valence-electron chi connectivity index (χ2n) is 5.95. The molecule has 1 aliphatic carbocycles. The predicted molar refractivity (Wildman–Crippen MR) is 83.1 cm³/mol. The lowest BCUT2D eigenvalue weighted by Crippen LogP contribution is -2.07. The van der Waals surface area contributed by atoms with Crippen molar-refractivity contribution in [1.82, 2.24) is 0 Å². The van der Waals surface area contributed by atoms with Crippen molar-refractivity contribution in [1.29, 1.82) is 0 Å². The molecule has 1 unspecified atom stereocenters. The molecule has 1 aliphatic rings. The average Bonchev–Trinajstić information content (AvgIpc) is 2.38. The summed E-state index contributed by atoms with van der Waals surface area (Å²) in [6.45, 7) is 6.53. The summed E-state index contributed by atoms with van der Waals surface area (Å²) in [7, 11) is 0. The van der Waals surface area contributed by atoms with Crippen LogP contribution in [0.4, 0.5) is 0 Å². The normalized spacial score (nSPS) is 19.8.